The number of rotatable bonds is 5. The molecule has 0 spiro atoms. The lowest BCUT2D eigenvalue weighted by molar-refractivity contribution is 0.262. The average Bonchev–Trinajstić information content (AvgIpc) is 2.92. The normalized spacial score (nSPS) is 11.9. The number of carbonyl (C=O) groups excluding carboxylic acids is 1. The Hall–Kier alpha value is -1.85. The Bertz CT molecular complexity index is 554. The van der Waals surface area contributed by atoms with Crippen molar-refractivity contribution in [2.45, 2.75) is 19.9 Å². The van der Waals surface area contributed by atoms with Crippen LogP contribution in [0.1, 0.15) is 25.5 Å². The molecule has 0 aliphatic carbocycles. The van der Waals surface area contributed by atoms with Gasteiger partial charge in [-0.1, -0.05) is 19.1 Å². The molecule has 5 heteroatoms. The topological polar surface area (TPSA) is 53.2 Å². The summed E-state index contributed by atoms with van der Waals surface area (Å²) in [5.74, 6) is 0. The van der Waals surface area contributed by atoms with Gasteiger partial charge in [-0.25, -0.2) is 4.79 Å². The van der Waals surface area contributed by atoms with E-state index in [0.717, 1.165) is 23.5 Å². The van der Waals surface area contributed by atoms with E-state index in [-0.39, 0.29) is 12.1 Å². The zero-order valence-electron chi connectivity index (χ0n) is 11.6. The van der Waals surface area contributed by atoms with Gasteiger partial charge in [-0.05, 0) is 42.6 Å². The molecule has 0 saturated carbocycles. The Morgan fingerprint density at radius 3 is 2.75 bits per heavy atom. The summed E-state index contributed by atoms with van der Waals surface area (Å²) < 4.78 is 0. The number of benzene rings is 1. The highest BCUT2D eigenvalue weighted by Gasteiger charge is 2.06. The third-order valence-electron chi connectivity index (χ3n) is 2.93. The number of amides is 2. The van der Waals surface area contributed by atoms with Gasteiger partial charge in [-0.3, -0.25) is 0 Å². The van der Waals surface area contributed by atoms with E-state index in [9.17, 15) is 4.79 Å². The minimum Gasteiger partial charge on any atom is -0.310 e. The first-order valence-corrected chi connectivity index (χ1v) is 7.57. The van der Waals surface area contributed by atoms with Crippen LogP contribution in [0.15, 0.2) is 41.1 Å². The van der Waals surface area contributed by atoms with Gasteiger partial charge in [0.1, 0.15) is 0 Å². The molecule has 0 radical (unpaired) electrons. The van der Waals surface area contributed by atoms with Crippen molar-refractivity contribution in [1.29, 1.82) is 0 Å². The molecule has 1 unspecified atom stereocenters. The van der Waals surface area contributed by atoms with Crippen molar-refractivity contribution in [3.63, 3.8) is 0 Å². The van der Waals surface area contributed by atoms with Crippen molar-refractivity contribution in [3.8, 4) is 0 Å². The molecule has 0 bridgehead atoms. The smallest absolute Gasteiger partial charge is 0.310 e. The number of hydrogen-bond donors (Lipinski definition) is 3. The molecule has 4 nitrogen and oxygen atoms in total. The lowest BCUT2D eigenvalue weighted by Gasteiger charge is -2.14. The fourth-order valence-corrected chi connectivity index (χ4v) is 2.53. The minimum absolute atomic E-state index is 0.225. The van der Waals surface area contributed by atoms with Crippen LogP contribution in [0, 0.1) is 0 Å². The van der Waals surface area contributed by atoms with Crippen LogP contribution in [-0.2, 0) is 0 Å². The Kier molecular flexibility index (Phi) is 5.15. The van der Waals surface area contributed by atoms with E-state index in [0.29, 0.717) is 0 Å². The number of hydrogen-bond acceptors (Lipinski definition) is 3. The third-order valence-corrected chi connectivity index (χ3v) is 3.62. The fraction of sp³-hybridized carbons (Fsp3) is 0.267. The van der Waals surface area contributed by atoms with Crippen molar-refractivity contribution >= 4 is 28.7 Å². The van der Waals surface area contributed by atoms with Crippen LogP contribution in [-0.4, -0.2) is 12.6 Å². The predicted molar refractivity (Wildman–Crippen MR) is 85.5 cm³/mol. The van der Waals surface area contributed by atoms with Crippen LogP contribution < -0.4 is 16.0 Å². The van der Waals surface area contributed by atoms with Crippen LogP contribution in [0.5, 0.6) is 0 Å². The molecule has 1 aromatic heterocycles. The predicted octanol–water partition coefficient (Wildman–Crippen LogP) is 4.06. The molecule has 0 saturated heterocycles. The van der Waals surface area contributed by atoms with Crippen molar-refractivity contribution in [2.24, 2.45) is 0 Å². The van der Waals surface area contributed by atoms with E-state index < -0.39 is 0 Å². The highest BCUT2D eigenvalue weighted by molar-refractivity contribution is 7.08. The van der Waals surface area contributed by atoms with Gasteiger partial charge in [0.25, 0.3) is 0 Å². The molecule has 3 N–H and O–H groups in total. The standard InChI is InChI=1S/C15H19N3OS/c1-3-16-11(2)12-5-4-6-13(9-12)17-15(19)18-14-7-8-20-10-14/h4-11,16H,3H2,1-2H3,(H2,17,18,19). The van der Waals surface area contributed by atoms with Gasteiger partial charge in [0.15, 0.2) is 0 Å². The summed E-state index contributed by atoms with van der Waals surface area (Å²) in [6.45, 7) is 5.10. The van der Waals surface area contributed by atoms with Crippen LogP contribution in [0.3, 0.4) is 0 Å². The van der Waals surface area contributed by atoms with Gasteiger partial charge in [0.05, 0.1) is 5.69 Å². The zero-order chi connectivity index (χ0) is 14.4. The molecular weight excluding hydrogens is 270 g/mol. The lowest BCUT2D eigenvalue weighted by Crippen LogP contribution is -2.20. The zero-order valence-corrected chi connectivity index (χ0v) is 12.5. The maximum absolute atomic E-state index is 11.9. The number of urea groups is 1. The molecule has 1 heterocycles. The molecule has 0 fully saturated rings. The first kappa shape index (κ1) is 14.6. The molecule has 1 atom stereocenters. The molecule has 0 aliphatic rings. The number of thiophene rings is 1. The molecule has 1 aromatic carbocycles. The van der Waals surface area contributed by atoms with Gasteiger partial charge in [-0.2, -0.15) is 11.3 Å². The van der Waals surface area contributed by atoms with Crippen molar-refractivity contribution in [3.05, 3.63) is 46.7 Å². The summed E-state index contributed by atoms with van der Waals surface area (Å²) in [5, 5.41) is 12.8. The summed E-state index contributed by atoms with van der Waals surface area (Å²) in [5.41, 5.74) is 2.75. The van der Waals surface area contributed by atoms with Gasteiger partial charge >= 0.3 is 6.03 Å². The van der Waals surface area contributed by atoms with E-state index >= 15 is 0 Å². The largest absolute Gasteiger partial charge is 0.323 e. The van der Waals surface area contributed by atoms with Crippen LogP contribution in [0.2, 0.25) is 0 Å². The summed E-state index contributed by atoms with van der Waals surface area (Å²) in [7, 11) is 0. The molecule has 2 rings (SSSR count). The maximum atomic E-state index is 11.9. The molecule has 2 amide bonds. The Morgan fingerprint density at radius 2 is 2.05 bits per heavy atom. The first-order valence-electron chi connectivity index (χ1n) is 6.62. The SMILES string of the molecule is CCNC(C)c1cccc(NC(=O)Nc2ccsc2)c1. The third kappa shape index (κ3) is 4.08. The van der Waals surface area contributed by atoms with E-state index in [1.165, 1.54) is 0 Å². The van der Waals surface area contributed by atoms with Gasteiger partial charge < -0.3 is 16.0 Å². The fourth-order valence-electron chi connectivity index (χ4n) is 1.94. The minimum atomic E-state index is -0.225. The van der Waals surface area contributed by atoms with Gasteiger partial charge in [-0.15, -0.1) is 0 Å². The van der Waals surface area contributed by atoms with E-state index in [2.05, 4.69) is 35.9 Å². The van der Waals surface area contributed by atoms with Crippen molar-refractivity contribution < 1.29 is 4.79 Å². The monoisotopic (exact) mass is 289 g/mol. The highest BCUT2D eigenvalue weighted by Crippen LogP contribution is 2.18. The Labute approximate surface area is 123 Å². The second kappa shape index (κ2) is 7.07. The molecule has 2 aromatic rings. The second-order valence-electron chi connectivity index (χ2n) is 4.50. The molecule has 0 aliphatic heterocycles. The van der Waals surface area contributed by atoms with Crippen molar-refractivity contribution in [1.82, 2.24) is 5.32 Å². The van der Waals surface area contributed by atoms with E-state index in [4.69, 9.17) is 0 Å². The van der Waals surface area contributed by atoms with Crippen molar-refractivity contribution in [2.75, 3.05) is 17.2 Å². The number of carbonyl (C=O) groups is 1. The summed E-state index contributed by atoms with van der Waals surface area (Å²) in [6.07, 6.45) is 0. The molecule has 20 heavy (non-hydrogen) atoms. The first-order chi connectivity index (χ1) is 9.69. The average molecular weight is 289 g/mol. The summed E-state index contributed by atoms with van der Waals surface area (Å²) in [6, 6.07) is 9.78. The Balaban J connectivity index is 1.98. The Morgan fingerprint density at radius 1 is 1.25 bits per heavy atom. The summed E-state index contributed by atoms with van der Waals surface area (Å²) in [4.78, 5) is 11.9. The van der Waals surface area contributed by atoms with Crippen LogP contribution in [0.4, 0.5) is 16.2 Å². The summed E-state index contributed by atoms with van der Waals surface area (Å²) >= 11 is 1.55. The van der Waals surface area contributed by atoms with E-state index in [1.807, 2.05) is 35.0 Å². The number of nitrogens with one attached hydrogen (secondary N) is 3. The second-order valence-corrected chi connectivity index (χ2v) is 5.28. The molecule has 106 valence electrons. The van der Waals surface area contributed by atoms with Gasteiger partial charge in [0, 0.05) is 17.1 Å². The van der Waals surface area contributed by atoms with Gasteiger partial charge in [0.2, 0.25) is 0 Å². The van der Waals surface area contributed by atoms with Crippen LogP contribution >= 0.6 is 11.3 Å². The quantitative estimate of drug-likeness (QED) is 0.777. The number of anilines is 2. The maximum Gasteiger partial charge on any atom is 0.323 e. The van der Waals surface area contributed by atoms with E-state index in [1.54, 1.807) is 11.3 Å². The lowest BCUT2D eigenvalue weighted by atomic mass is 10.1. The highest BCUT2D eigenvalue weighted by atomic mass is 32.1. The van der Waals surface area contributed by atoms with Crippen LogP contribution in [0.25, 0.3) is 0 Å². The molecular formula is C15H19N3OS.